The molecule has 0 amide bonds. The molecule has 21 heavy (non-hydrogen) atoms. The van der Waals surface area contributed by atoms with Crippen LogP contribution in [0.3, 0.4) is 0 Å². The van der Waals surface area contributed by atoms with Crippen LogP contribution in [-0.4, -0.2) is 25.8 Å². The summed E-state index contributed by atoms with van der Waals surface area (Å²) in [7, 11) is -3.66. The predicted octanol–water partition coefficient (Wildman–Crippen LogP) is 3.78. The summed E-state index contributed by atoms with van der Waals surface area (Å²) in [5, 5.41) is 0.159. The van der Waals surface area contributed by atoms with Crippen LogP contribution in [0.1, 0.15) is 32.6 Å². The van der Waals surface area contributed by atoms with Gasteiger partial charge < -0.3 is 5.73 Å². The van der Waals surface area contributed by atoms with Crippen LogP contribution < -0.4 is 5.73 Å². The predicted molar refractivity (Wildman–Crippen MR) is 87.3 cm³/mol. The van der Waals surface area contributed by atoms with Gasteiger partial charge in [-0.3, -0.25) is 0 Å². The van der Waals surface area contributed by atoms with Crippen molar-refractivity contribution in [3.8, 4) is 0 Å². The summed E-state index contributed by atoms with van der Waals surface area (Å²) in [6, 6.07) is 2.84. The summed E-state index contributed by atoms with van der Waals surface area (Å²) < 4.78 is 26.9. The van der Waals surface area contributed by atoms with E-state index in [4.69, 9.17) is 28.9 Å². The van der Waals surface area contributed by atoms with Crippen molar-refractivity contribution < 1.29 is 8.42 Å². The van der Waals surface area contributed by atoms with Crippen molar-refractivity contribution in [2.75, 3.05) is 18.8 Å². The maximum absolute atomic E-state index is 12.7. The number of hydrogen-bond acceptors (Lipinski definition) is 3. The molecule has 118 valence electrons. The molecule has 2 rings (SSSR count). The largest absolute Gasteiger partial charge is 0.399 e. The molecule has 1 fully saturated rings. The first kappa shape index (κ1) is 16.9. The third-order valence-electron chi connectivity index (χ3n) is 3.89. The van der Waals surface area contributed by atoms with Crippen LogP contribution in [0.4, 0.5) is 5.69 Å². The van der Waals surface area contributed by atoms with Gasteiger partial charge in [0, 0.05) is 18.8 Å². The first-order valence-corrected chi connectivity index (χ1v) is 9.30. The summed E-state index contributed by atoms with van der Waals surface area (Å²) in [5.41, 5.74) is 5.98. The van der Waals surface area contributed by atoms with Gasteiger partial charge in [-0.15, -0.1) is 0 Å². The van der Waals surface area contributed by atoms with Crippen molar-refractivity contribution in [3.05, 3.63) is 22.2 Å². The molecule has 1 aromatic carbocycles. The molecule has 0 aliphatic carbocycles. The summed E-state index contributed by atoms with van der Waals surface area (Å²) >= 11 is 12.1. The number of rotatable bonds is 4. The quantitative estimate of drug-likeness (QED) is 0.840. The minimum absolute atomic E-state index is 0.0334. The standard InChI is InChI=1S/C14H20Cl2N2O2S/c1-2-3-10-4-6-18(7-5-10)21(19,20)14-12(15)8-11(17)9-13(14)16/h8-10H,2-7,17H2,1H3. The Balaban J connectivity index is 2.24. The minimum atomic E-state index is -3.66. The van der Waals surface area contributed by atoms with Crippen molar-refractivity contribution in [1.82, 2.24) is 4.31 Å². The SMILES string of the molecule is CCCC1CCN(S(=O)(=O)c2c(Cl)cc(N)cc2Cl)CC1. The van der Waals surface area contributed by atoms with Crippen molar-refractivity contribution in [1.29, 1.82) is 0 Å². The zero-order valence-corrected chi connectivity index (χ0v) is 14.3. The molecule has 0 spiro atoms. The molecular weight excluding hydrogens is 331 g/mol. The van der Waals surface area contributed by atoms with Gasteiger partial charge in [-0.05, 0) is 30.9 Å². The number of benzene rings is 1. The Morgan fingerprint density at radius 3 is 2.24 bits per heavy atom. The smallest absolute Gasteiger partial charge is 0.246 e. The van der Waals surface area contributed by atoms with Gasteiger partial charge in [0.05, 0.1) is 10.0 Å². The van der Waals surface area contributed by atoms with Crippen LogP contribution in [-0.2, 0) is 10.0 Å². The van der Waals surface area contributed by atoms with E-state index in [2.05, 4.69) is 6.92 Å². The monoisotopic (exact) mass is 350 g/mol. The second-order valence-corrected chi connectivity index (χ2v) is 8.14. The van der Waals surface area contributed by atoms with Crippen LogP contribution in [0.5, 0.6) is 0 Å². The van der Waals surface area contributed by atoms with Crippen LogP contribution >= 0.6 is 23.2 Å². The van der Waals surface area contributed by atoms with Crippen LogP contribution in [0.25, 0.3) is 0 Å². The lowest BCUT2D eigenvalue weighted by Gasteiger charge is -2.31. The Bertz CT molecular complexity index is 588. The summed E-state index contributed by atoms with van der Waals surface area (Å²) in [6.07, 6.45) is 4.05. The van der Waals surface area contributed by atoms with Gasteiger partial charge in [-0.2, -0.15) is 4.31 Å². The molecule has 0 atom stereocenters. The van der Waals surface area contributed by atoms with E-state index < -0.39 is 10.0 Å². The highest BCUT2D eigenvalue weighted by Crippen LogP contribution is 2.35. The topological polar surface area (TPSA) is 63.4 Å². The van der Waals surface area contributed by atoms with Crippen molar-refractivity contribution in [2.45, 2.75) is 37.5 Å². The molecule has 1 aliphatic rings. The van der Waals surface area contributed by atoms with Crippen LogP contribution in [0, 0.1) is 5.92 Å². The number of halogens is 2. The minimum Gasteiger partial charge on any atom is -0.399 e. The molecule has 2 N–H and O–H groups in total. The fourth-order valence-corrected chi connectivity index (χ4v) is 5.45. The van der Waals surface area contributed by atoms with E-state index in [9.17, 15) is 8.42 Å². The number of piperidine rings is 1. The molecule has 1 saturated heterocycles. The van der Waals surface area contributed by atoms with Crippen molar-refractivity contribution in [2.24, 2.45) is 5.92 Å². The summed E-state index contributed by atoms with van der Waals surface area (Å²) in [4.78, 5) is -0.0334. The Morgan fingerprint density at radius 2 is 1.76 bits per heavy atom. The molecule has 1 aromatic rings. The Morgan fingerprint density at radius 1 is 1.24 bits per heavy atom. The van der Waals surface area contributed by atoms with Gasteiger partial charge in [0.15, 0.2) is 0 Å². The number of nitrogens with zero attached hydrogens (tertiary/aromatic N) is 1. The molecule has 0 saturated carbocycles. The lowest BCUT2D eigenvalue weighted by atomic mass is 9.94. The first-order valence-electron chi connectivity index (χ1n) is 7.11. The fourth-order valence-electron chi connectivity index (χ4n) is 2.80. The molecule has 7 heteroatoms. The molecule has 1 heterocycles. The van der Waals surface area contributed by atoms with Gasteiger partial charge in [0.25, 0.3) is 0 Å². The third-order valence-corrected chi connectivity index (χ3v) is 6.71. The summed E-state index contributed by atoms with van der Waals surface area (Å²) in [5.74, 6) is 0.610. The van der Waals surface area contributed by atoms with Crippen molar-refractivity contribution >= 4 is 38.9 Å². The Hall–Kier alpha value is -0.490. The van der Waals surface area contributed by atoms with E-state index in [0.29, 0.717) is 24.7 Å². The average molecular weight is 351 g/mol. The lowest BCUT2D eigenvalue weighted by Crippen LogP contribution is -2.38. The maximum Gasteiger partial charge on any atom is 0.246 e. The molecule has 0 aromatic heterocycles. The fraction of sp³-hybridized carbons (Fsp3) is 0.571. The number of anilines is 1. The van der Waals surface area contributed by atoms with E-state index in [1.54, 1.807) is 0 Å². The lowest BCUT2D eigenvalue weighted by molar-refractivity contribution is 0.262. The van der Waals surface area contributed by atoms with Gasteiger partial charge >= 0.3 is 0 Å². The number of sulfonamides is 1. The van der Waals surface area contributed by atoms with Gasteiger partial charge in [0.2, 0.25) is 10.0 Å². The Kier molecular flexibility index (Phi) is 5.41. The maximum atomic E-state index is 12.7. The van der Waals surface area contributed by atoms with E-state index in [-0.39, 0.29) is 14.9 Å². The molecule has 4 nitrogen and oxygen atoms in total. The number of hydrogen-bond donors (Lipinski definition) is 1. The summed E-state index contributed by atoms with van der Waals surface area (Å²) in [6.45, 7) is 3.19. The normalized spacial score (nSPS) is 18.0. The van der Waals surface area contributed by atoms with Gasteiger partial charge in [0.1, 0.15) is 4.90 Å². The van der Waals surface area contributed by atoms with E-state index in [0.717, 1.165) is 25.7 Å². The van der Waals surface area contributed by atoms with E-state index in [1.165, 1.54) is 16.4 Å². The zero-order chi connectivity index (χ0) is 15.6. The van der Waals surface area contributed by atoms with Gasteiger partial charge in [-0.1, -0.05) is 43.0 Å². The molecule has 0 radical (unpaired) electrons. The highest BCUT2D eigenvalue weighted by atomic mass is 35.5. The van der Waals surface area contributed by atoms with Gasteiger partial charge in [-0.25, -0.2) is 8.42 Å². The number of nitrogens with two attached hydrogens (primary N) is 1. The second kappa shape index (κ2) is 6.73. The van der Waals surface area contributed by atoms with Crippen molar-refractivity contribution in [3.63, 3.8) is 0 Å². The van der Waals surface area contributed by atoms with Crippen LogP contribution in [0.2, 0.25) is 10.0 Å². The molecular formula is C14H20Cl2N2O2S. The first-order chi connectivity index (χ1) is 9.86. The average Bonchev–Trinajstić information content (AvgIpc) is 2.38. The number of nitrogen functional groups attached to an aromatic ring is 1. The highest BCUT2D eigenvalue weighted by molar-refractivity contribution is 7.89. The Labute approximate surface area is 136 Å². The third kappa shape index (κ3) is 3.65. The molecule has 1 aliphatic heterocycles. The second-order valence-electron chi connectivity index (χ2n) is 5.45. The molecule has 0 bridgehead atoms. The zero-order valence-electron chi connectivity index (χ0n) is 12.0. The molecule has 0 unspecified atom stereocenters. The van der Waals surface area contributed by atoms with E-state index in [1.807, 2.05) is 0 Å². The highest BCUT2D eigenvalue weighted by Gasteiger charge is 2.32. The van der Waals surface area contributed by atoms with Crippen LogP contribution in [0.15, 0.2) is 17.0 Å². The van der Waals surface area contributed by atoms with E-state index >= 15 is 0 Å².